The number of rotatable bonds is 0. The molecule has 0 aromatic heterocycles. The number of hydrogen-bond donors (Lipinski definition) is 0. The fourth-order valence-electron chi connectivity index (χ4n) is 0.0408. The predicted octanol–water partition coefficient (Wildman–Crippen LogP) is -3.22. The summed E-state index contributed by atoms with van der Waals surface area (Å²) in [5.74, 6) is 0. The van der Waals surface area contributed by atoms with E-state index in [1.807, 2.05) is 0 Å². The van der Waals surface area contributed by atoms with Gasteiger partial charge in [0.25, 0.3) is 0 Å². The molecule has 0 atom stereocenters. The topological polar surface area (TPSA) is 94.2 Å². The Morgan fingerprint density at radius 2 is 1.14 bits per heavy atom. The summed E-state index contributed by atoms with van der Waals surface area (Å²) in [4.78, 5) is 28.1. The average molecular weight is 320 g/mol. The van der Waals surface area contributed by atoms with Crippen LogP contribution in [0.25, 0.3) is 0 Å². The molecule has 5 nitrogen and oxygen atoms in total. The van der Waals surface area contributed by atoms with E-state index in [1.165, 1.54) is 0 Å². The van der Waals surface area contributed by atoms with Crippen LogP contribution in [0.3, 0.4) is 0 Å². The van der Waals surface area contributed by atoms with Crippen LogP contribution in [-0.4, -0.2) is 26.2 Å². The maximum atomic E-state index is 9.37. The van der Waals surface area contributed by atoms with Crippen molar-refractivity contribution in [2.24, 2.45) is 0 Å². The molecule has 7 heteroatoms. The van der Waals surface area contributed by atoms with Crippen LogP contribution in [0.5, 0.6) is 0 Å². The molecule has 2 radical (unpaired) electrons. The van der Waals surface area contributed by atoms with Gasteiger partial charge in [0.1, 0.15) is 0 Å². The fourth-order valence-corrected chi connectivity index (χ4v) is 0.367. The minimum atomic E-state index is -5.55. The van der Waals surface area contributed by atoms with Crippen molar-refractivity contribution in [2.75, 3.05) is 0 Å². The molecule has 1 rings (SSSR count). The van der Waals surface area contributed by atoms with Gasteiger partial charge < -0.3 is 0 Å². The van der Waals surface area contributed by atoms with Gasteiger partial charge in [0.2, 0.25) is 0 Å². The molecule has 1 heterocycles. The van der Waals surface area contributed by atoms with Crippen molar-refractivity contribution in [3.8, 4) is 0 Å². The summed E-state index contributed by atoms with van der Waals surface area (Å²) in [6.45, 7) is 0. The number of hydrogen-bond acceptors (Lipinski definition) is 5. The Labute approximate surface area is 58.3 Å². The molecule has 40 valence electrons. The molecule has 0 spiro atoms. The summed E-state index contributed by atoms with van der Waals surface area (Å²) in [6, 6.07) is 0. The molecule has 7 heavy (non-hydrogen) atoms. The van der Waals surface area contributed by atoms with Gasteiger partial charge in [0.15, 0.2) is 0 Å². The van der Waals surface area contributed by atoms with Crippen LogP contribution in [0, 0.1) is 0 Å². The van der Waals surface area contributed by atoms with Crippen molar-refractivity contribution >= 4 is 33.9 Å². The van der Waals surface area contributed by atoms with E-state index in [0.29, 0.717) is 0 Å². The third kappa shape index (κ3) is 2.83. The summed E-state index contributed by atoms with van der Waals surface area (Å²) in [5.41, 5.74) is 0. The van der Waals surface area contributed by atoms with Gasteiger partial charge >= 0.3 is 58.0 Å². The van der Waals surface area contributed by atoms with Crippen LogP contribution in [0.15, 0.2) is 0 Å². The molecule has 1 saturated heterocycles. The molecule has 1 aliphatic heterocycles. The Kier molecular flexibility index (Phi) is 1.79. The van der Waals surface area contributed by atoms with Crippen LogP contribution in [0.2, 0.25) is 0 Å². The van der Waals surface area contributed by atoms with Crippen LogP contribution in [-0.2, 0) is 9.35 Å². The first-order chi connectivity index (χ1) is 2.47. The van der Waals surface area contributed by atoms with Crippen molar-refractivity contribution < 1.29 is 24.0 Å². The third-order valence-corrected chi connectivity index (χ3v) is 0.771. The van der Waals surface area contributed by atoms with Crippen molar-refractivity contribution in [3.05, 3.63) is 0 Å². The summed E-state index contributed by atoms with van der Waals surface area (Å²) < 4.78 is 6.09. The third-order valence-electron chi connectivity index (χ3n) is 0.257. The summed E-state index contributed by atoms with van der Waals surface area (Å²) >= 11 is 0. The van der Waals surface area contributed by atoms with E-state index >= 15 is 0 Å². The van der Waals surface area contributed by atoms with Gasteiger partial charge in [0.05, 0.1) is 0 Å². The summed E-state index contributed by atoms with van der Waals surface area (Å²) in [5, 5.41) is 0. The molecule has 0 aliphatic carbocycles. The van der Waals surface area contributed by atoms with Gasteiger partial charge in [-0.15, -0.1) is 0 Å². The molecule has 0 aromatic carbocycles. The van der Waals surface area contributed by atoms with Gasteiger partial charge in [-0.2, -0.15) is 0 Å². The van der Waals surface area contributed by atoms with Gasteiger partial charge in [0, 0.05) is 0 Å². The fraction of sp³-hybridized carbons (Fsp3) is 0. The average Bonchev–Trinajstić information content (AvgIpc) is 1.73. The van der Waals surface area contributed by atoms with Crippen LogP contribution < -0.4 is 14.7 Å². The second-order valence-electron chi connectivity index (χ2n) is 0.894. The van der Waals surface area contributed by atoms with Gasteiger partial charge in [-0.25, -0.2) is 0 Å². The van der Waals surface area contributed by atoms with E-state index in [-0.39, 0.29) is 26.2 Å². The minimum absolute atomic E-state index is 0. The molecule has 0 saturated carbocycles. The second kappa shape index (κ2) is 1.55. The Morgan fingerprint density at radius 1 is 1.00 bits per heavy atom. The second-order valence-corrected chi connectivity index (χ2v) is 2.68. The molecular formula is BiO5P. The molecule has 1 fully saturated rings. The summed E-state index contributed by atoms with van der Waals surface area (Å²) in [7, 11) is -5.55. The van der Waals surface area contributed by atoms with Crippen molar-refractivity contribution in [3.63, 3.8) is 0 Å². The monoisotopic (exact) mass is 320 g/mol. The Morgan fingerprint density at radius 3 is 1.14 bits per heavy atom. The Bertz CT molecular complexity index is 71.8. The Balaban J connectivity index is 0.000000360. The normalized spacial score (nSPS) is 36.7. The van der Waals surface area contributed by atoms with Gasteiger partial charge in [-0.3, -0.25) is 0 Å². The first kappa shape index (κ1) is 8.11. The van der Waals surface area contributed by atoms with E-state index in [0.717, 1.165) is 0 Å². The van der Waals surface area contributed by atoms with E-state index in [2.05, 4.69) is 9.35 Å². The first-order valence-corrected chi connectivity index (χ1v) is 2.91. The maximum absolute atomic E-state index is 9.37. The zero-order chi connectivity index (χ0) is 4.86. The summed E-state index contributed by atoms with van der Waals surface area (Å²) in [6.07, 6.45) is 0. The van der Waals surface area contributed by atoms with Crippen LogP contribution >= 0.6 is 7.74 Å². The SMILES string of the molecule is [Bi+3].[O-]P1([O-])([O-])OO1. The van der Waals surface area contributed by atoms with Crippen molar-refractivity contribution in [1.29, 1.82) is 0 Å². The van der Waals surface area contributed by atoms with E-state index in [9.17, 15) is 14.7 Å². The van der Waals surface area contributed by atoms with E-state index in [1.54, 1.807) is 0 Å². The Hall–Kier alpha value is 1.11. The van der Waals surface area contributed by atoms with Crippen molar-refractivity contribution in [1.82, 2.24) is 0 Å². The first-order valence-electron chi connectivity index (χ1n) is 1.08. The molecule has 1 aliphatic rings. The molecule has 0 N–H and O–H groups in total. The van der Waals surface area contributed by atoms with Gasteiger partial charge in [-0.1, -0.05) is 0 Å². The van der Waals surface area contributed by atoms with E-state index < -0.39 is 7.74 Å². The van der Waals surface area contributed by atoms with Crippen molar-refractivity contribution in [2.45, 2.75) is 0 Å². The van der Waals surface area contributed by atoms with Gasteiger partial charge in [-0.05, 0) is 0 Å². The molecule has 0 bridgehead atoms. The zero-order valence-corrected chi connectivity index (χ0v) is 7.31. The predicted molar refractivity (Wildman–Crippen MR) is 14.8 cm³/mol. The van der Waals surface area contributed by atoms with Crippen LogP contribution in [0.1, 0.15) is 0 Å². The molecule has 0 aromatic rings. The standard InChI is InChI=1S/Bi.O5P/c;1-6(2,3)4-5-6/q+3;-3. The molecular weight excluding hydrogens is 320 g/mol. The molecule has 0 amide bonds. The quantitative estimate of drug-likeness (QED) is 0.203. The van der Waals surface area contributed by atoms with Crippen LogP contribution in [0.4, 0.5) is 0 Å². The molecule has 0 unspecified atom stereocenters. The van der Waals surface area contributed by atoms with E-state index in [4.69, 9.17) is 0 Å². The zero-order valence-electron chi connectivity index (χ0n) is 2.94.